The Hall–Kier alpha value is -1.31. The summed E-state index contributed by atoms with van der Waals surface area (Å²) in [5.41, 5.74) is 4.65. The number of carbonyl (C=O) groups excluding carboxylic acids is 1. The zero-order valence-corrected chi connectivity index (χ0v) is 12.8. The third-order valence-corrected chi connectivity index (χ3v) is 5.70. The van der Waals surface area contributed by atoms with E-state index in [0.717, 1.165) is 0 Å². The van der Waals surface area contributed by atoms with Crippen molar-refractivity contribution in [2.45, 2.75) is 24.3 Å². The molecule has 1 aliphatic rings. The molecule has 6 nitrogen and oxygen atoms in total. The number of sulfonamides is 1. The normalized spacial score (nSPS) is 19.6. The molecule has 0 aliphatic carbocycles. The van der Waals surface area contributed by atoms with Crippen molar-refractivity contribution >= 4 is 33.2 Å². The highest BCUT2D eigenvalue weighted by Gasteiger charge is 2.45. The van der Waals surface area contributed by atoms with Crippen molar-refractivity contribution in [3.8, 4) is 0 Å². The summed E-state index contributed by atoms with van der Waals surface area (Å²) in [5, 5.41) is 3.01. The lowest BCUT2D eigenvalue weighted by atomic mass is 10.0. The molecule has 1 saturated heterocycles. The summed E-state index contributed by atoms with van der Waals surface area (Å²) < 4.78 is 26.6. The highest BCUT2D eigenvalue weighted by atomic mass is 35.5. The highest BCUT2D eigenvalue weighted by molar-refractivity contribution is 7.89. The van der Waals surface area contributed by atoms with E-state index in [1.54, 1.807) is 13.8 Å². The van der Waals surface area contributed by atoms with Gasteiger partial charge in [-0.25, -0.2) is 8.42 Å². The first-order valence-electron chi connectivity index (χ1n) is 6.03. The summed E-state index contributed by atoms with van der Waals surface area (Å²) in [4.78, 5) is 11.8. The van der Waals surface area contributed by atoms with E-state index in [4.69, 9.17) is 17.3 Å². The number of amides is 1. The Labute approximate surface area is 122 Å². The summed E-state index contributed by atoms with van der Waals surface area (Å²) in [5.74, 6) is -0.333. The fraction of sp³-hybridized carbons (Fsp3) is 0.417. The van der Waals surface area contributed by atoms with Gasteiger partial charge in [0.2, 0.25) is 15.9 Å². The number of halogens is 1. The number of nitrogens with zero attached hydrogens (tertiary/aromatic N) is 1. The largest absolute Gasteiger partial charge is 0.398 e. The maximum absolute atomic E-state index is 12.7. The van der Waals surface area contributed by atoms with Crippen molar-refractivity contribution in [1.29, 1.82) is 0 Å². The molecular weight excluding hydrogens is 302 g/mol. The van der Waals surface area contributed by atoms with Crippen LogP contribution in [0.1, 0.15) is 13.8 Å². The van der Waals surface area contributed by atoms with E-state index in [1.165, 1.54) is 22.5 Å². The Morgan fingerprint density at radius 3 is 2.65 bits per heavy atom. The minimum absolute atomic E-state index is 0.0373. The van der Waals surface area contributed by atoms with Crippen LogP contribution < -0.4 is 11.1 Å². The van der Waals surface area contributed by atoms with Crippen LogP contribution >= 0.6 is 11.6 Å². The average molecular weight is 318 g/mol. The number of benzene rings is 1. The second-order valence-corrected chi connectivity index (χ2v) is 7.34. The molecule has 1 amide bonds. The number of hydrogen-bond acceptors (Lipinski definition) is 4. The molecule has 0 spiro atoms. The number of carbonyl (C=O) groups is 1. The number of piperazine rings is 1. The number of rotatable bonds is 2. The van der Waals surface area contributed by atoms with E-state index >= 15 is 0 Å². The van der Waals surface area contributed by atoms with Crippen LogP contribution in [-0.2, 0) is 14.8 Å². The van der Waals surface area contributed by atoms with Crippen molar-refractivity contribution in [3.05, 3.63) is 23.2 Å². The van der Waals surface area contributed by atoms with Crippen LogP contribution in [0.3, 0.4) is 0 Å². The number of anilines is 1. The molecule has 0 bridgehead atoms. The molecule has 2 rings (SSSR count). The van der Waals surface area contributed by atoms with Crippen molar-refractivity contribution < 1.29 is 13.2 Å². The standard InChI is InChI=1S/C12H16ClN3O3S/c1-12(2)11(17)15-5-6-16(12)20(18,19)10-4-3-8(13)7-9(10)14/h3-4,7H,5-6,14H2,1-2H3,(H,15,17). The lowest BCUT2D eigenvalue weighted by molar-refractivity contribution is -0.131. The maximum atomic E-state index is 12.7. The summed E-state index contributed by atoms with van der Waals surface area (Å²) in [6.07, 6.45) is 0. The average Bonchev–Trinajstić information content (AvgIpc) is 2.31. The van der Waals surface area contributed by atoms with E-state index in [-0.39, 0.29) is 29.6 Å². The van der Waals surface area contributed by atoms with Gasteiger partial charge in [0.05, 0.1) is 5.69 Å². The van der Waals surface area contributed by atoms with Gasteiger partial charge in [0.1, 0.15) is 10.4 Å². The number of nitrogens with one attached hydrogen (secondary N) is 1. The van der Waals surface area contributed by atoms with Gasteiger partial charge in [-0.3, -0.25) is 4.79 Å². The van der Waals surface area contributed by atoms with Crippen LogP contribution in [0, 0.1) is 0 Å². The van der Waals surface area contributed by atoms with Crippen LogP contribution in [0.5, 0.6) is 0 Å². The molecule has 3 N–H and O–H groups in total. The minimum Gasteiger partial charge on any atom is -0.398 e. The molecule has 1 fully saturated rings. The molecule has 1 heterocycles. The predicted molar refractivity (Wildman–Crippen MR) is 76.8 cm³/mol. The van der Waals surface area contributed by atoms with Gasteiger partial charge in [-0.2, -0.15) is 4.31 Å². The van der Waals surface area contributed by atoms with E-state index in [2.05, 4.69) is 5.32 Å². The van der Waals surface area contributed by atoms with E-state index in [9.17, 15) is 13.2 Å². The Morgan fingerprint density at radius 1 is 1.40 bits per heavy atom. The van der Waals surface area contributed by atoms with Crippen molar-refractivity contribution in [2.75, 3.05) is 18.8 Å². The van der Waals surface area contributed by atoms with Gasteiger partial charge in [0, 0.05) is 18.1 Å². The van der Waals surface area contributed by atoms with Crippen LogP contribution in [0.4, 0.5) is 5.69 Å². The molecule has 0 atom stereocenters. The molecule has 1 aliphatic heterocycles. The van der Waals surface area contributed by atoms with Crippen LogP contribution in [0.25, 0.3) is 0 Å². The van der Waals surface area contributed by atoms with Gasteiger partial charge in [-0.1, -0.05) is 11.6 Å². The third kappa shape index (κ3) is 2.36. The maximum Gasteiger partial charge on any atom is 0.246 e. The number of nitrogen functional groups attached to an aromatic ring is 1. The predicted octanol–water partition coefficient (Wildman–Crippen LogP) is 0.821. The first-order valence-corrected chi connectivity index (χ1v) is 7.85. The number of hydrogen-bond donors (Lipinski definition) is 2. The van der Waals surface area contributed by atoms with Crippen LogP contribution in [0.2, 0.25) is 5.02 Å². The molecule has 8 heteroatoms. The first-order chi connectivity index (χ1) is 9.17. The number of nitrogens with two attached hydrogens (primary N) is 1. The SMILES string of the molecule is CC1(C)C(=O)NCCN1S(=O)(=O)c1ccc(Cl)cc1N. The summed E-state index contributed by atoms with van der Waals surface area (Å²) >= 11 is 5.78. The quantitative estimate of drug-likeness (QED) is 0.790. The zero-order chi connectivity index (χ0) is 15.1. The topological polar surface area (TPSA) is 92.5 Å². The molecule has 0 unspecified atom stereocenters. The molecule has 1 aromatic carbocycles. The lowest BCUT2D eigenvalue weighted by Crippen LogP contribution is -2.63. The summed E-state index contributed by atoms with van der Waals surface area (Å²) in [6.45, 7) is 3.59. The van der Waals surface area contributed by atoms with Gasteiger partial charge in [0.15, 0.2) is 0 Å². The Kier molecular flexibility index (Phi) is 3.70. The van der Waals surface area contributed by atoms with Gasteiger partial charge in [-0.15, -0.1) is 0 Å². The molecular formula is C12H16ClN3O3S. The molecule has 20 heavy (non-hydrogen) atoms. The Morgan fingerprint density at radius 2 is 2.05 bits per heavy atom. The van der Waals surface area contributed by atoms with Crippen molar-refractivity contribution in [2.24, 2.45) is 0 Å². The second-order valence-electron chi connectivity index (χ2n) is 5.07. The van der Waals surface area contributed by atoms with Crippen molar-refractivity contribution in [3.63, 3.8) is 0 Å². The van der Waals surface area contributed by atoms with Gasteiger partial charge >= 0.3 is 0 Å². The second kappa shape index (κ2) is 4.91. The highest BCUT2D eigenvalue weighted by Crippen LogP contribution is 2.30. The van der Waals surface area contributed by atoms with Crippen LogP contribution in [0.15, 0.2) is 23.1 Å². The van der Waals surface area contributed by atoms with E-state index < -0.39 is 15.6 Å². The smallest absolute Gasteiger partial charge is 0.246 e. The van der Waals surface area contributed by atoms with Gasteiger partial charge in [0.25, 0.3) is 0 Å². The van der Waals surface area contributed by atoms with E-state index in [0.29, 0.717) is 5.02 Å². The van der Waals surface area contributed by atoms with E-state index in [1.807, 2.05) is 0 Å². The monoisotopic (exact) mass is 317 g/mol. The van der Waals surface area contributed by atoms with Crippen molar-refractivity contribution in [1.82, 2.24) is 9.62 Å². The Balaban J connectivity index is 2.52. The molecule has 0 radical (unpaired) electrons. The minimum atomic E-state index is -3.86. The van der Waals surface area contributed by atoms with Crippen LogP contribution in [-0.4, -0.2) is 37.3 Å². The molecule has 0 aromatic heterocycles. The molecule has 1 aromatic rings. The first kappa shape index (κ1) is 15.1. The fourth-order valence-electron chi connectivity index (χ4n) is 2.17. The zero-order valence-electron chi connectivity index (χ0n) is 11.2. The van der Waals surface area contributed by atoms with Gasteiger partial charge in [-0.05, 0) is 32.0 Å². The summed E-state index contributed by atoms with van der Waals surface area (Å²) in [6, 6.07) is 4.20. The summed E-state index contributed by atoms with van der Waals surface area (Å²) in [7, 11) is -3.86. The molecule has 0 saturated carbocycles. The fourth-order valence-corrected chi connectivity index (χ4v) is 4.20. The molecule has 110 valence electrons. The lowest BCUT2D eigenvalue weighted by Gasteiger charge is -2.40. The van der Waals surface area contributed by atoms with Gasteiger partial charge < -0.3 is 11.1 Å². The Bertz CT molecular complexity index is 658. The third-order valence-electron chi connectivity index (χ3n) is 3.32.